The van der Waals surface area contributed by atoms with Gasteiger partial charge in [0.2, 0.25) is 5.91 Å². The number of ether oxygens (including phenoxy) is 1. The molecule has 0 saturated carbocycles. The average Bonchev–Trinajstić information content (AvgIpc) is 2.94. The molecule has 116 valence electrons. The number of likely N-dealkylation sites (tertiary alicyclic amines) is 1. The van der Waals surface area contributed by atoms with E-state index < -0.39 is 0 Å². The summed E-state index contributed by atoms with van der Waals surface area (Å²) in [5.74, 6) is 0.279. The highest BCUT2D eigenvalue weighted by molar-refractivity contribution is 5.83. The Kier molecular flexibility index (Phi) is 5.81. The number of carbonyl (C=O) groups is 1. The molecule has 2 heterocycles. The summed E-state index contributed by atoms with van der Waals surface area (Å²) in [4.78, 5) is 15.1. The van der Waals surface area contributed by atoms with E-state index >= 15 is 0 Å². The predicted molar refractivity (Wildman–Crippen MR) is 77.5 cm³/mol. The minimum atomic E-state index is -0.332. The molecule has 0 aliphatic carbocycles. The quantitative estimate of drug-likeness (QED) is 0.756. The lowest BCUT2D eigenvalue weighted by Gasteiger charge is -2.40. The highest BCUT2D eigenvalue weighted by atomic mass is 16.5. The van der Waals surface area contributed by atoms with Crippen LogP contribution in [-0.2, 0) is 9.53 Å². The van der Waals surface area contributed by atoms with Crippen LogP contribution < -0.4 is 5.32 Å². The van der Waals surface area contributed by atoms with Crippen molar-refractivity contribution in [3.05, 3.63) is 0 Å². The summed E-state index contributed by atoms with van der Waals surface area (Å²) < 4.78 is 5.37. The van der Waals surface area contributed by atoms with Gasteiger partial charge in [0.15, 0.2) is 0 Å². The molecule has 0 aromatic carbocycles. The number of aliphatic hydroxyl groups excluding tert-OH is 1. The molecule has 2 rings (SSSR count). The molecule has 2 aliphatic heterocycles. The van der Waals surface area contributed by atoms with E-state index in [9.17, 15) is 4.79 Å². The Balaban J connectivity index is 2.06. The van der Waals surface area contributed by atoms with E-state index in [0.29, 0.717) is 12.6 Å². The van der Waals surface area contributed by atoms with Crippen molar-refractivity contribution in [1.82, 2.24) is 10.2 Å². The topological polar surface area (TPSA) is 61.8 Å². The first-order valence-corrected chi connectivity index (χ1v) is 7.85. The molecule has 2 aliphatic rings. The zero-order valence-corrected chi connectivity index (χ0v) is 12.6. The van der Waals surface area contributed by atoms with Gasteiger partial charge in [-0.1, -0.05) is 0 Å². The fraction of sp³-hybridized carbons (Fsp3) is 0.933. The van der Waals surface area contributed by atoms with Crippen molar-refractivity contribution >= 4 is 5.91 Å². The number of amides is 1. The average molecular weight is 284 g/mol. The van der Waals surface area contributed by atoms with Crippen LogP contribution in [0.15, 0.2) is 0 Å². The van der Waals surface area contributed by atoms with E-state index in [-0.39, 0.29) is 17.9 Å². The molecule has 0 radical (unpaired) electrons. The van der Waals surface area contributed by atoms with Crippen LogP contribution in [0.5, 0.6) is 0 Å². The summed E-state index contributed by atoms with van der Waals surface area (Å²) in [6.07, 6.45) is 5.60. The third kappa shape index (κ3) is 3.32. The zero-order valence-electron chi connectivity index (χ0n) is 12.6. The lowest BCUT2D eigenvalue weighted by atomic mass is 9.78. The summed E-state index contributed by atoms with van der Waals surface area (Å²) >= 11 is 0. The number of nitrogens with one attached hydrogen (secondary N) is 1. The number of rotatable bonds is 6. The molecular weight excluding hydrogens is 256 g/mol. The number of aliphatic hydroxyl groups is 1. The van der Waals surface area contributed by atoms with Crippen LogP contribution in [0.1, 0.15) is 38.5 Å². The van der Waals surface area contributed by atoms with Gasteiger partial charge in [-0.2, -0.15) is 0 Å². The normalized spacial score (nSPS) is 25.9. The zero-order chi connectivity index (χ0) is 14.4. The monoisotopic (exact) mass is 284 g/mol. The molecule has 2 fully saturated rings. The van der Waals surface area contributed by atoms with E-state index in [1.807, 2.05) is 0 Å². The highest BCUT2D eigenvalue weighted by Crippen LogP contribution is 2.35. The van der Waals surface area contributed by atoms with Gasteiger partial charge in [-0.25, -0.2) is 0 Å². The van der Waals surface area contributed by atoms with Crippen molar-refractivity contribution in [2.75, 3.05) is 40.0 Å². The van der Waals surface area contributed by atoms with Gasteiger partial charge in [-0.15, -0.1) is 0 Å². The molecule has 5 nitrogen and oxygen atoms in total. The molecular formula is C15H28N2O3. The van der Waals surface area contributed by atoms with Crippen LogP contribution in [-0.4, -0.2) is 61.9 Å². The van der Waals surface area contributed by atoms with Crippen LogP contribution in [0.25, 0.3) is 0 Å². The number of piperidine rings is 1. The van der Waals surface area contributed by atoms with Crippen molar-refractivity contribution < 1.29 is 14.6 Å². The van der Waals surface area contributed by atoms with Crippen LogP contribution in [0.4, 0.5) is 0 Å². The van der Waals surface area contributed by atoms with Crippen LogP contribution in [0, 0.1) is 5.41 Å². The van der Waals surface area contributed by atoms with Gasteiger partial charge in [-0.3, -0.25) is 4.79 Å². The molecule has 1 unspecified atom stereocenters. The SMILES string of the molecule is COCC1(C(=O)N2CCCC2CCCO)CCNCC1. The lowest BCUT2D eigenvalue weighted by Crippen LogP contribution is -2.52. The van der Waals surface area contributed by atoms with Crippen LogP contribution in [0.3, 0.4) is 0 Å². The Morgan fingerprint density at radius 1 is 1.45 bits per heavy atom. The number of hydrogen-bond donors (Lipinski definition) is 2. The van der Waals surface area contributed by atoms with Crippen LogP contribution in [0.2, 0.25) is 0 Å². The Morgan fingerprint density at radius 2 is 2.20 bits per heavy atom. The second kappa shape index (κ2) is 7.38. The molecule has 0 aromatic rings. The van der Waals surface area contributed by atoms with E-state index in [0.717, 1.165) is 58.2 Å². The molecule has 0 bridgehead atoms. The maximum absolute atomic E-state index is 13.0. The maximum Gasteiger partial charge on any atom is 0.231 e. The third-order valence-electron chi connectivity index (χ3n) is 4.77. The minimum absolute atomic E-state index is 0.214. The minimum Gasteiger partial charge on any atom is -0.396 e. The largest absolute Gasteiger partial charge is 0.396 e. The van der Waals surface area contributed by atoms with Gasteiger partial charge in [0.05, 0.1) is 12.0 Å². The summed E-state index contributed by atoms with van der Waals surface area (Å²) in [7, 11) is 1.68. The number of nitrogens with zero attached hydrogens (tertiary/aromatic N) is 1. The van der Waals surface area contributed by atoms with Gasteiger partial charge < -0.3 is 20.1 Å². The van der Waals surface area contributed by atoms with Gasteiger partial charge in [0.25, 0.3) is 0 Å². The van der Waals surface area contributed by atoms with Gasteiger partial charge in [0.1, 0.15) is 0 Å². The first kappa shape index (κ1) is 15.7. The number of carbonyl (C=O) groups excluding carboxylic acids is 1. The Hall–Kier alpha value is -0.650. The summed E-state index contributed by atoms with van der Waals surface area (Å²) in [6, 6.07) is 0.318. The van der Waals surface area contributed by atoms with Crippen molar-refractivity contribution in [2.45, 2.75) is 44.6 Å². The Morgan fingerprint density at radius 3 is 2.85 bits per heavy atom. The van der Waals surface area contributed by atoms with E-state index in [1.54, 1.807) is 7.11 Å². The van der Waals surface area contributed by atoms with Gasteiger partial charge >= 0.3 is 0 Å². The molecule has 1 amide bonds. The third-order valence-corrected chi connectivity index (χ3v) is 4.77. The Labute approximate surface area is 121 Å². The highest BCUT2D eigenvalue weighted by Gasteiger charge is 2.44. The number of methoxy groups -OCH3 is 1. The van der Waals surface area contributed by atoms with E-state index in [1.165, 1.54) is 0 Å². The molecule has 0 aromatic heterocycles. The fourth-order valence-electron chi connectivity index (χ4n) is 3.64. The smallest absolute Gasteiger partial charge is 0.231 e. The summed E-state index contributed by atoms with van der Waals surface area (Å²) in [6.45, 7) is 3.39. The van der Waals surface area contributed by atoms with E-state index in [2.05, 4.69) is 10.2 Å². The molecule has 1 atom stereocenters. The van der Waals surface area contributed by atoms with Crippen LogP contribution >= 0.6 is 0 Å². The summed E-state index contributed by atoms with van der Waals surface area (Å²) in [5.41, 5.74) is -0.332. The first-order chi connectivity index (χ1) is 9.73. The van der Waals surface area contributed by atoms with Crippen molar-refractivity contribution in [3.8, 4) is 0 Å². The second-order valence-electron chi connectivity index (χ2n) is 6.12. The summed E-state index contributed by atoms with van der Waals surface area (Å²) in [5, 5.41) is 12.3. The van der Waals surface area contributed by atoms with Gasteiger partial charge in [0, 0.05) is 26.3 Å². The molecule has 0 spiro atoms. The van der Waals surface area contributed by atoms with Gasteiger partial charge in [-0.05, 0) is 51.6 Å². The second-order valence-corrected chi connectivity index (χ2v) is 6.12. The van der Waals surface area contributed by atoms with Crippen molar-refractivity contribution in [2.24, 2.45) is 5.41 Å². The molecule has 20 heavy (non-hydrogen) atoms. The molecule has 2 N–H and O–H groups in total. The predicted octanol–water partition coefficient (Wildman–Crippen LogP) is 0.766. The van der Waals surface area contributed by atoms with Crippen molar-refractivity contribution in [1.29, 1.82) is 0 Å². The van der Waals surface area contributed by atoms with E-state index in [4.69, 9.17) is 9.84 Å². The fourth-order valence-corrected chi connectivity index (χ4v) is 3.64. The molecule has 2 saturated heterocycles. The standard InChI is InChI=1S/C15H28N2O3/c1-20-12-15(6-8-16-9-7-15)14(19)17-10-2-4-13(17)5-3-11-18/h13,16,18H,2-12H2,1H3. The van der Waals surface area contributed by atoms with Crippen molar-refractivity contribution in [3.63, 3.8) is 0 Å². The Bertz CT molecular complexity index is 311. The number of hydrogen-bond acceptors (Lipinski definition) is 4. The molecule has 5 heteroatoms. The lowest BCUT2D eigenvalue weighted by molar-refractivity contribution is -0.148. The maximum atomic E-state index is 13.0. The first-order valence-electron chi connectivity index (χ1n) is 7.85.